The third kappa shape index (κ3) is 8.11. The van der Waals surface area contributed by atoms with E-state index in [-0.39, 0.29) is 11.3 Å². The van der Waals surface area contributed by atoms with Crippen molar-refractivity contribution in [1.29, 1.82) is 0 Å². The molecule has 0 bridgehead atoms. The van der Waals surface area contributed by atoms with Gasteiger partial charge in [-0.2, -0.15) is 0 Å². The number of hydrogen-bond acceptors (Lipinski definition) is 4. The van der Waals surface area contributed by atoms with Crippen molar-refractivity contribution in [2.24, 2.45) is 0 Å². The topological polar surface area (TPSA) is 69.4 Å². The number of alkyl halides is 1. The molecule has 0 N–H and O–H groups in total. The van der Waals surface area contributed by atoms with Crippen LogP contribution in [0.15, 0.2) is 18.2 Å². The Hall–Kier alpha value is -1.43. The highest BCUT2D eigenvalue weighted by molar-refractivity contribution is 9.09. The molecule has 1 aromatic carbocycles. The summed E-state index contributed by atoms with van der Waals surface area (Å²) < 4.78 is 5.56. The number of unbranched alkanes of at least 4 members (excludes halogenated alkanes) is 7. The molecule has 0 atom stereocenters. The van der Waals surface area contributed by atoms with Crippen molar-refractivity contribution in [3.8, 4) is 5.75 Å². The highest BCUT2D eigenvalue weighted by Gasteiger charge is 2.11. The maximum absolute atomic E-state index is 11.0. The normalized spacial score (nSPS) is 10.5. The van der Waals surface area contributed by atoms with Crippen LogP contribution in [-0.2, 0) is 0 Å². The molecule has 1 rings (SSSR count). The van der Waals surface area contributed by atoms with Crippen molar-refractivity contribution in [3.63, 3.8) is 0 Å². The van der Waals surface area contributed by atoms with Gasteiger partial charge in [-0.15, -0.1) is 0 Å². The Kier molecular flexibility index (Phi) is 10.3. The largest absolute Gasteiger partial charge is 0.493 e. The lowest BCUT2D eigenvalue weighted by Gasteiger charge is -2.08. The van der Waals surface area contributed by atoms with Crippen molar-refractivity contribution < 1.29 is 14.5 Å². The van der Waals surface area contributed by atoms with Gasteiger partial charge in [-0.25, -0.2) is 0 Å². The predicted octanol–water partition coefficient (Wildman–Crippen LogP) is 5.30. The summed E-state index contributed by atoms with van der Waals surface area (Å²) in [7, 11) is 0. The van der Waals surface area contributed by atoms with E-state index in [9.17, 15) is 14.9 Å². The molecule has 0 aromatic heterocycles. The van der Waals surface area contributed by atoms with E-state index in [1.807, 2.05) is 0 Å². The van der Waals surface area contributed by atoms with E-state index in [0.29, 0.717) is 18.6 Å². The van der Waals surface area contributed by atoms with E-state index in [1.165, 1.54) is 56.7 Å². The molecule has 0 amide bonds. The zero-order chi connectivity index (χ0) is 16.9. The lowest BCUT2D eigenvalue weighted by atomic mass is 10.1. The van der Waals surface area contributed by atoms with Crippen molar-refractivity contribution >= 4 is 27.9 Å². The quantitative estimate of drug-likeness (QED) is 0.152. The van der Waals surface area contributed by atoms with Crippen LogP contribution >= 0.6 is 15.9 Å². The highest BCUT2D eigenvalue weighted by Crippen LogP contribution is 2.23. The number of non-ortho nitro benzene ring substituents is 1. The molecule has 0 spiro atoms. The minimum absolute atomic E-state index is 0.0978. The first-order chi connectivity index (χ1) is 11.2. The van der Waals surface area contributed by atoms with Crippen molar-refractivity contribution in [3.05, 3.63) is 33.9 Å². The predicted molar refractivity (Wildman–Crippen MR) is 94.7 cm³/mol. The van der Waals surface area contributed by atoms with E-state index >= 15 is 0 Å². The number of rotatable bonds is 13. The van der Waals surface area contributed by atoms with Gasteiger partial charge in [0.05, 0.1) is 17.1 Å². The van der Waals surface area contributed by atoms with Gasteiger partial charge in [0.1, 0.15) is 5.75 Å². The average Bonchev–Trinajstić information content (AvgIpc) is 2.56. The zero-order valence-corrected chi connectivity index (χ0v) is 14.9. The van der Waals surface area contributed by atoms with Gasteiger partial charge >= 0.3 is 0 Å². The number of carbonyl (C=O) groups is 1. The molecule has 0 aliphatic carbocycles. The summed E-state index contributed by atoms with van der Waals surface area (Å²) >= 11 is 3.43. The van der Waals surface area contributed by atoms with Crippen LogP contribution in [-0.4, -0.2) is 23.1 Å². The standard InChI is InChI=1S/C17H24BrNO4/c18-11-7-5-3-1-2-4-6-8-12-23-17-10-9-16(19(21)22)13-15(17)14-20/h9-10,13-14H,1-8,11-12H2. The van der Waals surface area contributed by atoms with E-state index in [1.54, 1.807) is 0 Å². The van der Waals surface area contributed by atoms with Crippen LogP contribution in [0.1, 0.15) is 61.7 Å². The lowest BCUT2D eigenvalue weighted by molar-refractivity contribution is -0.384. The second-order valence-electron chi connectivity index (χ2n) is 5.46. The third-order valence-electron chi connectivity index (χ3n) is 3.62. The molecular formula is C17H24BrNO4. The summed E-state index contributed by atoms with van der Waals surface area (Å²) in [5.74, 6) is 0.417. The molecule has 6 heteroatoms. The number of ether oxygens (including phenoxy) is 1. The van der Waals surface area contributed by atoms with Gasteiger partial charge in [0.15, 0.2) is 6.29 Å². The molecule has 128 valence electrons. The molecule has 0 aliphatic heterocycles. The monoisotopic (exact) mass is 385 g/mol. The van der Waals surface area contributed by atoms with E-state index in [4.69, 9.17) is 4.74 Å². The first-order valence-corrected chi connectivity index (χ1v) is 9.23. The fraction of sp³-hybridized carbons (Fsp3) is 0.588. The number of nitro groups is 1. The lowest BCUT2D eigenvalue weighted by Crippen LogP contribution is -2.01. The second-order valence-corrected chi connectivity index (χ2v) is 6.26. The van der Waals surface area contributed by atoms with Gasteiger partial charge < -0.3 is 4.74 Å². The Morgan fingerprint density at radius 2 is 1.65 bits per heavy atom. The molecule has 0 aliphatic rings. The summed E-state index contributed by atoms with van der Waals surface area (Å²) in [6, 6.07) is 4.09. The van der Waals surface area contributed by atoms with E-state index in [0.717, 1.165) is 18.2 Å². The second kappa shape index (κ2) is 12.0. The van der Waals surface area contributed by atoms with Crippen LogP contribution < -0.4 is 4.74 Å². The molecule has 0 saturated heterocycles. The van der Waals surface area contributed by atoms with Gasteiger partial charge in [0, 0.05) is 17.5 Å². The van der Waals surface area contributed by atoms with Gasteiger partial charge in [-0.1, -0.05) is 54.5 Å². The summed E-state index contributed by atoms with van der Waals surface area (Å²) in [5, 5.41) is 11.8. The maximum atomic E-state index is 11.0. The Bertz CT molecular complexity index is 493. The Morgan fingerprint density at radius 3 is 2.22 bits per heavy atom. The van der Waals surface area contributed by atoms with Crippen LogP contribution in [0.3, 0.4) is 0 Å². The molecule has 23 heavy (non-hydrogen) atoms. The Labute approximate surface area is 145 Å². The molecule has 0 radical (unpaired) electrons. The van der Waals surface area contributed by atoms with Crippen molar-refractivity contribution in [2.75, 3.05) is 11.9 Å². The fourth-order valence-electron chi connectivity index (χ4n) is 2.31. The highest BCUT2D eigenvalue weighted by atomic mass is 79.9. The number of aldehydes is 1. The number of halogens is 1. The Balaban J connectivity index is 2.18. The van der Waals surface area contributed by atoms with Gasteiger partial charge in [0.2, 0.25) is 0 Å². The van der Waals surface area contributed by atoms with Gasteiger partial charge in [0.25, 0.3) is 5.69 Å². The van der Waals surface area contributed by atoms with Crippen LogP contribution in [0, 0.1) is 10.1 Å². The molecule has 0 saturated carbocycles. The number of nitrogens with zero attached hydrogens (tertiary/aromatic N) is 1. The number of hydrogen-bond donors (Lipinski definition) is 0. The minimum atomic E-state index is -0.519. The molecule has 5 nitrogen and oxygen atoms in total. The van der Waals surface area contributed by atoms with Gasteiger partial charge in [-0.3, -0.25) is 14.9 Å². The molecular weight excluding hydrogens is 362 g/mol. The summed E-state index contributed by atoms with van der Waals surface area (Å²) in [4.78, 5) is 21.1. The smallest absolute Gasteiger partial charge is 0.270 e. The molecule has 0 fully saturated rings. The van der Waals surface area contributed by atoms with E-state index in [2.05, 4.69) is 15.9 Å². The molecule has 1 aromatic rings. The minimum Gasteiger partial charge on any atom is -0.493 e. The first-order valence-electron chi connectivity index (χ1n) is 8.11. The van der Waals surface area contributed by atoms with Crippen molar-refractivity contribution in [1.82, 2.24) is 0 Å². The summed E-state index contributed by atoms with van der Waals surface area (Å²) in [5.41, 5.74) is 0.130. The van der Waals surface area contributed by atoms with Crippen LogP contribution in [0.25, 0.3) is 0 Å². The number of nitro benzene ring substituents is 1. The van der Waals surface area contributed by atoms with Gasteiger partial charge in [-0.05, 0) is 18.9 Å². The number of benzene rings is 1. The summed E-state index contributed by atoms with van der Waals surface area (Å²) in [6.45, 7) is 0.530. The van der Waals surface area contributed by atoms with Crippen LogP contribution in [0.5, 0.6) is 5.75 Å². The third-order valence-corrected chi connectivity index (χ3v) is 4.18. The summed E-state index contributed by atoms with van der Waals surface area (Å²) in [6.07, 6.45) is 10.2. The fourth-order valence-corrected chi connectivity index (χ4v) is 2.71. The SMILES string of the molecule is O=Cc1cc([N+](=O)[O-])ccc1OCCCCCCCCCCBr. The first kappa shape index (κ1) is 19.6. The van der Waals surface area contributed by atoms with Crippen molar-refractivity contribution in [2.45, 2.75) is 51.4 Å². The number of carbonyl (C=O) groups excluding carboxylic acids is 1. The zero-order valence-electron chi connectivity index (χ0n) is 13.3. The molecule has 0 heterocycles. The van der Waals surface area contributed by atoms with E-state index < -0.39 is 4.92 Å². The molecule has 0 unspecified atom stereocenters. The average molecular weight is 386 g/mol. The van der Waals surface area contributed by atoms with Crippen LogP contribution in [0.4, 0.5) is 5.69 Å². The van der Waals surface area contributed by atoms with Crippen LogP contribution in [0.2, 0.25) is 0 Å². The Morgan fingerprint density at radius 1 is 1.04 bits per heavy atom. The maximum Gasteiger partial charge on any atom is 0.270 e.